The molecule has 2 aromatic rings. The number of hydrogen-bond acceptors (Lipinski definition) is 5. The average Bonchev–Trinajstić information content (AvgIpc) is 2.60. The van der Waals surface area contributed by atoms with Gasteiger partial charge in [0.1, 0.15) is 17.5 Å². The van der Waals surface area contributed by atoms with Gasteiger partial charge in [0.15, 0.2) is 0 Å². The molecule has 128 valence electrons. The SMILES string of the molecule is CCCC1=C([N+](=O)[O-])C(c2cccc3ccccc23)/C(=C/N)C(N)=N1. The fraction of sp³-hybridized carbons (Fsp3) is 0.211. The van der Waals surface area contributed by atoms with Gasteiger partial charge in [0.2, 0.25) is 0 Å². The summed E-state index contributed by atoms with van der Waals surface area (Å²) in [5, 5.41) is 13.9. The first-order valence-electron chi connectivity index (χ1n) is 8.19. The van der Waals surface area contributed by atoms with E-state index in [0.717, 1.165) is 22.8 Å². The smallest absolute Gasteiger partial charge is 0.279 e. The van der Waals surface area contributed by atoms with E-state index < -0.39 is 5.92 Å². The number of fused-ring (bicyclic) bond motifs is 1. The van der Waals surface area contributed by atoms with Gasteiger partial charge in [0.25, 0.3) is 5.70 Å². The van der Waals surface area contributed by atoms with E-state index >= 15 is 0 Å². The van der Waals surface area contributed by atoms with E-state index in [2.05, 4.69) is 4.99 Å². The van der Waals surface area contributed by atoms with E-state index in [1.807, 2.05) is 49.4 Å². The summed E-state index contributed by atoms with van der Waals surface area (Å²) in [7, 11) is 0. The number of benzene rings is 2. The fourth-order valence-corrected chi connectivity index (χ4v) is 3.36. The van der Waals surface area contributed by atoms with E-state index in [1.165, 1.54) is 6.20 Å². The molecule has 3 rings (SSSR count). The zero-order valence-corrected chi connectivity index (χ0v) is 14.0. The average molecular weight is 336 g/mol. The Kier molecular flexibility index (Phi) is 4.52. The number of amidine groups is 1. The van der Waals surface area contributed by atoms with Crippen molar-refractivity contribution in [1.82, 2.24) is 0 Å². The molecule has 6 heteroatoms. The Morgan fingerprint density at radius 2 is 1.96 bits per heavy atom. The molecule has 1 unspecified atom stereocenters. The molecule has 0 radical (unpaired) electrons. The maximum absolute atomic E-state index is 11.9. The summed E-state index contributed by atoms with van der Waals surface area (Å²) in [6.07, 6.45) is 2.57. The molecule has 0 saturated carbocycles. The van der Waals surface area contributed by atoms with Crippen LogP contribution < -0.4 is 11.5 Å². The number of aliphatic imine (C=N–C) groups is 1. The van der Waals surface area contributed by atoms with Gasteiger partial charge in [0.05, 0.1) is 4.92 Å². The summed E-state index contributed by atoms with van der Waals surface area (Å²) in [6.45, 7) is 1.96. The van der Waals surface area contributed by atoms with Crippen LogP contribution in [0.1, 0.15) is 31.2 Å². The topological polar surface area (TPSA) is 108 Å². The summed E-state index contributed by atoms with van der Waals surface area (Å²) in [5.41, 5.74) is 13.6. The largest absolute Gasteiger partial charge is 0.404 e. The summed E-state index contributed by atoms with van der Waals surface area (Å²) in [6, 6.07) is 13.6. The van der Waals surface area contributed by atoms with Crippen LogP contribution in [0.3, 0.4) is 0 Å². The first-order valence-corrected chi connectivity index (χ1v) is 8.19. The Balaban J connectivity index is 2.33. The standard InChI is InChI=1S/C19H20N4O2/c1-2-6-16-18(23(24)25)17(15(11-20)19(21)22-16)14-10-5-8-12-7-3-4-9-13(12)14/h3-5,7-11,17H,2,6,20H2,1H3,(H2,21,22)/b15-11-. The van der Waals surface area contributed by atoms with Gasteiger partial charge >= 0.3 is 0 Å². The predicted molar refractivity (Wildman–Crippen MR) is 99.5 cm³/mol. The van der Waals surface area contributed by atoms with Crippen molar-refractivity contribution in [3.8, 4) is 0 Å². The van der Waals surface area contributed by atoms with Crippen LogP contribution in [0.25, 0.3) is 10.8 Å². The van der Waals surface area contributed by atoms with Crippen LogP contribution in [0.15, 0.2) is 70.6 Å². The van der Waals surface area contributed by atoms with Crippen molar-refractivity contribution in [2.45, 2.75) is 25.7 Å². The lowest BCUT2D eigenvalue weighted by Gasteiger charge is -2.24. The van der Waals surface area contributed by atoms with E-state index in [0.29, 0.717) is 17.7 Å². The highest BCUT2D eigenvalue weighted by molar-refractivity contribution is 6.02. The lowest BCUT2D eigenvalue weighted by atomic mass is 9.82. The minimum absolute atomic E-state index is 0.0594. The van der Waals surface area contributed by atoms with Crippen molar-refractivity contribution in [3.05, 3.63) is 81.3 Å². The molecule has 2 aromatic carbocycles. The lowest BCUT2D eigenvalue weighted by Crippen LogP contribution is -2.29. The summed E-state index contributed by atoms with van der Waals surface area (Å²) < 4.78 is 0. The van der Waals surface area contributed by atoms with Crippen LogP contribution >= 0.6 is 0 Å². The third-order valence-electron chi connectivity index (χ3n) is 4.43. The highest BCUT2D eigenvalue weighted by Crippen LogP contribution is 2.41. The molecular formula is C19H20N4O2. The Labute approximate surface area is 145 Å². The molecule has 4 N–H and O–H groups in total. The first kappa shape index (κ1) is 16.7. The highest BCUT2D eigenvalue weighted by Gasteiger charge is 2.38. The van der Waals surface area contributed by atoms with Crippen LogP contribution in [-0.2, 0) is 0 Å². The van der Waals surface area contributed by atoms with Crippen LogP contribution in [-0.4, -0.2) is 10.8 Å². The van der Waals surface area contributed by atoms with Gasteiger partial charge in [-0.25, -0.2) is 4.99 Å². The van der Waals surface area contributed by atoms with Gasteiger partial charge in [-0.2, -0.15) is 0 Å². The van der Waals surface area contributed by atoms with Crippen molar-refractivity contribution in [2.24, 2.45) is 16.5 Å². The Morgan fingerprint density at radius 1 is 1.24 bits per heavy atom. The zero-order valence-electron chi connectivity index (χ0n) is 14.0. The first-order chi connectivity index (χ1) is 12.1. The summed E-state index contributed by atoms with van der Waals surface area (Å²) >= 11 is 0. The quantitative estimate of drug-likeness (QED) is 0.658. The van der Waals surface area contributed by atoms with Crippen molar-refractivity contribution in [1.29, 1.82) is 0 Å². The van der Waals surface area contributed by atoms with Gasteiger partial charge in [-0.1, -0.05) is 55.8 Å². The molecular weight excluding hydrogens is 316 g/mol. The lowest BCUT2D eigenvalue weighted by molar-refractivity contribution is -0.430. The Hall–Kier alpha value is -3.15. The van der Waals surface area contributed by atoms with Gasteiger partial charge in [-0.3, -0.25) is 10.1 Å². The molecule has 0 aliphatic carbocycles. The molecule has 0 amide bonds. The van der Waals surface area contributed by atoms with E-state index in [1.54, 1.807) is 0 Å². The number of nitrogens with zero attached hydrogens (tertiary/aromatic N) is 2. The molecule has 0 fully saturated rings. The minimum Gasteiger partial charge on any atom is -0.404 e. The summed E-state index contributed by atoms with van der Waals surface area (Å²) in [4.78, 5) is 15.8. The van der Waals surface area contributed by atoms with E-state index in [4.69, 9.17) is 11.5 Å². The fourth-order valence-electron chi connectivity index (χ4n) is 3.36. The molecule has 1 aliphatic heterocycles. The monoisotopic (exact) mass is 336 g/mol. The normalized spacial score (nSPS) is 19.3. The molecule has 0 saturated heterocycles. The molecule has 6 nitrogen and oxygen atoms in total. The Morgan fingerprint density at radius 3 is 2.64 bits per heavy atom. The predicted octanol–water partition coefficient (Wildman–Crippen LogP) is 3.43. The molecule has 1 heterocycles. The van der Waals surface area contributed by atoms with Crippen LogP contribution in [0.5, 0.6) is 0 Å². The second-order valence-electron chi connectivity index (χ2n) is 5.96. The second-order valence-corrected chi connectivity index (χ2v) is 5.96. The number of nitrogens with two attached hydrogens (primary N) is 2. The van der Waals surface area contributed by atoms with Crippen LogP contribution in [0.2, 0.25) is 0 Å². The Bertz CT molecular complexity index is 923. The zero-order chi connectivity index (χ0) is 18.0. The van der Waals surface area contributed by atoms with Crippen molar-refractivity contribution < 1.29 is 4.92 Å². The third-order valence-corrected chi connectivity index (χ3v) is 4.43. The van der Waals surface area contributed by atoms with Crippen molar-refractivity contribution in [2.75, 3.05) is 0 Å². The number of nitro groups is 1. The van der Waals surface area contributed by atoms with Gasteiger partial charge in [-0.15, -0.1) is 0 Å². The molecule has 0 spiro atoms. The van der Waals surface area contributed by atoms with Crippen LogP contribution in [0, 0.1) is 10.1 Å². The molecule has 1 atom stereocenters. The third kappa shape index (κ3) is 2.87. The van der Waals surface area contributed by atoms with Crippen molar-refractivity contribution >= 4 is 16.6 Å². The molecule has 0 aromatic heterocycles. The van der Waals surface area contributed by atoms with Gasteiger partial charge < -0.3 is 11.5 Å². The van der Waals surface area contributed by atoms with Crippen molar-refractivity contribution in [3.63, 3.8) is 0 Å². The van der Waals surface area contributed by atoms with E-state index in [9.17, 15) is 10.1 Å². The molecule has 0 bridgehead atoms. The maximum Gasteiger partial charge on any atom is 0.279 e. The minimum atomic E-state index is -0.634. The molecule has 25 heavy (non-hydrogen) atoms. The maximum atomic E-state index is 11.9. The van der Waals surface area contributed by atoms with Gasteiger partial charge in [0, 0.05) is 11.8 Å². The second kappa shape index (κ2) is 6.76. The number of hydrogen-bond donors (Lipinski definition) is 2. The van der Waals surface area contributed by atoms with E-state index in [-0.39, 0.29) is 16.5 Å². The number of rotatable bonds is 4. The summed E-state index contributed by atoms with van der Waals surface area (Å²) in [5.74, 6) is -0.389. The van der Waals surface area contributed by atoms with Crippen LogP contribution in [0.4, 0.5) is 0 Å². The molecule has 1 aliphatic rings. The van der Waals surface area contributed by atoms with Gasteiger partial charge in [-0.05, 0) is 22.8 Å². The highest BCUT2D eigenvalue weighted by atomic mass is 16.6. The number of allylic oxidation sites excluding steroid dienone is 2.